The summed E-state index contributed by atoms with van der Waals surface area (Å²) in [6.45, 7) is -1.31. The Bertz CT molecular complexity index is 1170. The highest BCUT2D eigenvalue weighted by atomic mass is 32.2. The van der Waals surface area contributed by atoms with Gasteiger partial charge in [0.15, 0.2) is 0 Å². The van der Waals surface area contributed by atoms with Crippen molar-refractivity contribution in [1.82, 2.24) is 14.3 Å². The molecule has 0 unspecified atom stereocenters. The summed E-state index contributed by atoms with van der Waals surface area (Å²) in [5.74, 6) is -0.783. The molecule has 2 aliphatic rings. The lowest BCUT2D eigenvalue weighted by molar-refractivity contribution is -0.0500. The van der Waals surface area contributed by atoms with Crippen molar-refractivity contribution in [1.29, 1.82) is 0 Å². The molecule has 0 radical (unpaired) electrons. The number of thiazole rings is 1. The number of hydrogen-bond acceptors (Lipinski definition) is 9. The highest BCUT2D eigenvalue weighted by molar-refractivity contribution is 7.90. The van der Waals surface area contributed by atoms with Gasteiger partial charge < -0.3 is 15.8 Å². The van der Waals surface area contributed by atoms with Gasteiger partial charge in [-0.3, -0.25) is 4.79 Å². The summed E-state index contributed by atoms with van der Waals surface area (Å²) in [4.78, 5) is 25.1. The van der Waals surface area contributed by atoms with Gasteiger partial charge in [0.25, 0.3) is 5.91 Å². The van der Waals surface area contributed by atoms with Crippen molar-refractivity contribution in [2.45, 2.75) is 37.2 Å². The van der Waals surface area contributed by atoms with Gasteiger partial charge >= 0.3 is 6.61 Å². The lowest BCUT2D eigenvalue weighted by Crippen LogP contribution is -2.57. The van der Waals surface area contributed by atoms with Gasteiger partial charge in [-0.05, 0) is 37.8 Å². The smallest absolute Gasteiger partial charge is 0.387 e. The van der Waals surface area contributed by atoms with Gasteiger partial charge in [0.1, 0.15) is 33.1 Å². The SMILES string of the molecule is CN1C(N)=N[C@](C)(c2nc(NC(=O)c3ccc(OC(F)F)cn3)cs2)[C@@H](C2CC2)S1(=O)=O. The normalized spacial score (nSPS) is 24.8. The molecule has 32 heavy (non-hydrogen) atoms. The average molecular weight is 487 g/mol. The third-order valence-electron chi connectivity index (χ3n) is 5.35. The quantitative estimate of drug-likeness (QED) is 0.636. The molecule has 10 nitrogen and oxygen atoms in total. The molecular weight excluding hydrogens is 466 g/mol. The minimum atomic E-state index is -3.73. The maximum absolute atomic E-state index is 13.1. The number of hydrogen-bond donors (Lipinski definition) is 2. The Morgan fingerprint density at radius 1 is 1.41 bits per heavy atom. The summed E-state index contributed by atoms with van der Waals surface area (Å²) < 4.78 is 55.8. The van der Waals surface area contributed by atoms with Gasteiger partial charge in [-0.25, -0.2) is 27.7 Å². The van der Waals surface area contributed by atoms with E-state index >= 15 is 0 Å². The first-order chi connectivity index (χ1) is 15.0. The van der Waals surface area contributed by atoms with Crippen LogP contribution in [0.5, 0.6) is 5.75 Å². The number of halogens is 2. The topological polar surface area (TPSA) is 140 Å². The molecule has 2 atom stereocenters. The summed E-state index contributed by atoms with van der Waals surface area (Å²) in [5.41, 5.74) is 4.66. The number of amides is 1. The molecule has 3 heterocycles. The fraction of sp³-hybridized carbons (Fsp3) is 0.444. The second kappa shape index (κ2) is 7.92. The van der Waals surface area contributed by atoms with Gasteiger partial charge in [-0.2, -0.15) is 8.78 Å². The van der Waals surface area contributed by atoms with E-state index in [4.69, 9.17) is 5.73 Å². The third kappa shape index (κ3) is 3.99. The first-order valence-electron chi connectivity index (χ1n) is 9.53. The first-order valence-corrected chi connectivity index (χ1v) is 11.9. The predicted octanol–water partition coefficient (Wildman–Crippen LogP) is 1.98. The van der Waals surface area contributed by atoms with Crippen LogP contribution in [0.25, 0.3) is 0 Å². The molecule has 0 saturated heterocycles. The van der Waals surface area contributed by atoms with E-state index in [1.807, 2.05) is 0 Å². The van der Waals surface area contributed by atoms with Crippen LogP contribution in [-0.4, -0.2) is 53.5 Å². The number of rotatable bonds is 6. The third-order valence-corrected chi connectivity index (χ3v) is 8.85. The number of nitrogens with zero attached hydrogens (tertiary/aromatic N) is 4. The Morgan fingerprint density at radius 3 is 2.72 bits per heavy atom. The molecular formula is C18H20F2N6O4S2. The molecule has 1 aliphatic carbocycles. The highest BCUT2D eigenvalue weighted by Crippen LogP contribution is 2.50. The number of nitrogens with one attached hydrogen (secondary N) is 1. The Hall–Kier alpha value is -2.87. The van der Waals surface area contributed by atoms with Crippen molar-refractivity contribution in [3.8, 4) is 5.75 Å². The zero-order chi connectivity index (χ0) is 23.3. The number of aromatic nitrogens is 2. The minimum absolute atomic E-state index is 0.0348. The van der Waals surface area contributed by atoms with Crippen LogP contribution in [0.15, 0.2) is 28.7 Å². The van der Waals surface area contributed by atoms with E-state index in [2.05, 4.69) is 25.0 Å². The van der Waals surface area contributed by atoms with E-state index in [0.717, 1.165) is 34.7 Å². The fourth-order valence-corrected chi connectivity index (χ4v) is 6.78. The van der Waals surface area contributed by atoms with Crippen molar-refractivity contribution < 1.29 is 26.7 Å². The molecule has 1 fully saturated rings. The first kappa shape index (κ1) is 22.3. The minimum Gasteiger partial charge on any atom is -0.433 e. The van der Waals surface area contributed by atoms with Crippen molar-refractivity contribution in [3.05, 3.63) is 34.4 Å². The van der Waals surface area contributed by atoms with Crippen molar-refractivity contribution >= 4 is 39.0 Å². The number of carbonyl (C=O) groups is 1. The van der Waals surface area contributed by atoms with Gasteiger partial charge in [0, 0.05) is 12.4 Å². The van der Waals surface area contributed by atoms with E-state index in [1.54, 1.807) is 12.3 Å². The molecule has 2 aromatic rings. The summed E-state index contributed by atoms with van der Waals surface area (Å²) in [7, 11) is -2.36. The van der Waals surface area contributed by atoms with Crippen LogP contribution in [0.3, 0.4) is 0 Å². The van der Waals surface area contributed by atoms with Crippen molar-refractivity contribution in [2.75, 3.05) is 12.4 Å². The fourth-order valence-electron chi connectivity index (χ4n) is 3.66. The molecule has 0 bridgehead atoms. The molecule has 172 valence electrons. The Kier molecular flexibility index (Phi) is 5.53. The van der Waals surface area contributed by atoms with Gasteiger partial charge in [0.05, 0.1) is 6.20 Å². The number of pyridine rings is 1. The summed E-state index contributed by atoms with van der Waals surface area (Å²) in [6.07, 6.45) is 2.55. The molecule has 1 saturated carbocycles. The molecule has 0 spiro atoms. The summed E-state index contributed by atoms with van der Waals surface area (Å²) in [6, 6.07) is 2.43. The monoisotopic (exact) mass is 486 g/mol. The highest BCUT2D eigenvalue weighted by Gasteiger charge is 2.57. The zero-order valence-corrected chi connectivity index (χ0v) is 18.7. The number of alkyl halides is 2. The number of guanidine groups is 1. The Balaban J connectivity index is 1.57. The van der Waals surface area contributed by atoms with Crippen LogP contribution < -0.4 is 15.8 Å². The van der Waals surface area contributed by atoms with Gasteiger partial charge in [-0.15, -0.1) is 11.3 Å². The number of ether oxygens (including phenoxy) is 1. The van der Waals surface area contributed by atoms with E-state index in [0.29, 0.717) is 5.01 Å². The van der Waals surface area contributed by atoms with Gasteiger partial charge in [-0.1, -0.05) is 0 Å². The average Bonchev–Trinajstić information content (AvgIpc) is 3.41. The van der Waals surface area contributed by atoms with Crippen LogP contribution in [0.2, 0.25) is 0 Å². The molecule has 4 rings (SSSR count). The van der Waals surface area contributed by atoms with Crippen LogP contribution in [-0.2, 0) is 15.6 Å². The zero-order valence-electron chi connectivity index (χ0n) is 17.0. The molecule has 0 aromatic carbocycles. The maximum atomic E-state index is 13.1. The Morgan fingerprint density at radius 2 is 2.12 bits per heavy atom. The molecule has 1 amide bonds. The van der Waals surface area contributed by atoms with Gasteiger partial charge in [0.2, 0.25) is 16.0 Å². The van der Waals surface area contributed by atoms with Crippen molar-refractivity contribution in [2.24, 2.45) is 16.6 Å². The Labute approximate surface area is 186 Å². The largest absolute Gasteiger partial charge is 0.433 e. The van der Waals surface area contributed by atoms with Crippen LogP contribution in [0.4, 0.5) is 14.6 Å². The number of sulfonamides is 1. The standard InChI is InChI=1S/C18H20F2N6O4S2/c1-18(13(9-3-4-9)32(28,29)26(2)17(21)25-18)15-24-12(8-31-15)23-14(27)11-6-5-10(7-22-11)30-16(19)20/h5-9,13,16H,3-4H2,1-2H3,(H2,21,25)(H,23,27)/t13-,18+/m1/s1. The predicted molar refractivity (Wildman–Crippen MR) is 113 cm³/mol. The maximum Gasteiger partial charge on any atom is 0.387 e. The van der Waals surface area contributed by atoms with E-state index < -0.39 is 33.3 Å². The summed E-state index contributed by atoms with van der Waals surface area (Å²) in [5, 5.41) is 3.71. The van der Waals surface area contributed by atoms with E-state index in [9.17, 15) is 22.0 Å². The van der Waals surface area contributed by atoms with E-state index in [1.165, 1.54) is 19.2 Å². The van der Waals surface area contributed by atoms with Crippen LogP contribution >= 0.6 is 11.3 Å². The summed E-state index contributed by atoms with van der Waals surface area (Å²) >= 11 is 1.16. The number of aliphatic imine (C=N–C) groups is 1. The lowest BCUT2D eigenvalue weighted by atomic mass is 9.95. The second-order valence-electron chi connectivity index (χ2n) is 7.64. The number of carbonyl (C=O) groups excluding carboxylic acids is 1. The molecule has 1 aliphatic heterocycles. The van der Waals surface area contributed by atoms with Crippen molar-refractivity contribution in [3.63, 3.8) is 0 Å². The van der Waals surface area contributed by atoms with Crippen LogP contribution in [0, 0.1) is 5.92 Å². The molecule has 3 N–H and O–H groups in total. The second-order valence-corrected chi connectivity index (χ2v) is 10.6. The number of nitrogens with two attached hydrogens (primary N) is 1. The van der Waals surface area contributed by atoms with Crippen LogP contribution in [0.1, 0.15) is 35.3 Å². The lowest BCUT2D eigenvalue weighted by Gasteiger charge is -2.40. The molecule has 14 heteroatoms. The molecule has 2 aromatic heterocycles. The van der Waals surface area contributed by atoms with E-state index in [-0.39, 0.29) is 29.1 Å². The number of anilines is 1.